The van der Waals surface area contributed by atoms with Crippen molar-refractivity contribution in [2.45, 2.75) is 32.9 Å². The van der Waals surface area contributed by atoms with Crippen molar-refractivity contribution >= 4 is 34.2 Å². The summed E-state index contributed by atoms with van der Waals surface area (Å²) in [6.07, 6.45) is 3.02. The molecular formula is C20H23N5O4. The largest absolute Gasteiger partial charge is 0.478 e. The van der Waals surface area contributed by atoms with Gasteiger partial charge in [0.05, 0.1) is 17.6 Å². The molecule has 3 aromatic rings. The maximum absolute atomic E-state index is 12.9. The number of pyridine rings is 3. The van der Waals surface area contributed by atoms with Crippen LogP contribution in [0.4, 0.5) is 17.5 Å². The van der Waals surface area contributed by atoms with Crippen LogP contribution in [-0.4, -0.2) is 42.9 Å². The number of hydrogen-bond acceptors (Lipinski definition) is 7. The Bertz CT molecular complexity index is 1120. The molecule has 0 saturated heterocycles. The lowest BCUT2D eigenvalue weighted by Crippen LogP contribution is -2.29. The normalized spacial score (nSPS) is 11.4. The third-order valence-electron chi connectivity index (χ3n) is 4.06. The lowest BCUT2D eigenvalue weighted by atomic mass is 10.1. The van der Waals surface area contributed by atoms with Gasteiger partial charge in [-0.05, 0) is 50.4 Å². The van der Waals surface area contributed by atoms with Gasteiger partial charge < -0.3 is 25.4 Å². The monoisotopic (exact) mass is 397 g/mol. The van der Waals surface area contributed by atoms with Crippen molar-refractivity contribution in [1.82, 2.24) is 14.5 Å². The van der Waals surface area contributed by atoms with E-state index in [1.54, 1.807) is 18.3 Å². The number of aromatic carboxylic acids is 1. The molecule has 29 heavy (non-hydrogen) atoms. The van der Waals surface area contributed by atoms with E-state index in [9.17, 15) is 14.7 Å². The highest BCUT2D eigenvalue weighted by atomic mass is 16.4. The molecule has 0 aromatic carbocycles. The number of anilines is 3. The minimum atomic E-state index is -1.05. The molecule has 152 valence electrons. The van der Waals surface area contributed by atoms with Crippen LogP contribution in [-0.2, 0) is 6.54 Å². The highest BCUT2D eigenvalue weighted by molar-refractivity contribution is 5.94. The number of aliphatic hydroxyl groups is 1. The van der Waals surface area contributed by atoms with Crippen molar-refractivity contribution in [2.75, 3.05) is 17.2 Å². The first-order valence-corrected chi connectivity index (χ1v) is 9.07. The number of carbonyl (C=O) groups is 1. The third-order valence-corrected chi connectivity index (χ3v) is 4.06. The Morgan fingerprint density at radius 2 is 1.97 bits per heavy atom. The van der Waals surface area contributed by atoms with Crippen LogP contribution < -0.4 is 16.2 Å². The highest BCUT2D eigenvalue weighted by Gasteiger charge is 2.17. The molecule has 9 heteroatoms. The van der Waals surface area contributed by atoms with E-state index in [-0.39, 0.29) is 29.8 Å². The van der Waals surface area contributed by atoms with Crippen molar-refractivity contribution in [3.63, 3.8) is 0 Å². The third kappa shape index (κ3) is 4.69. The van der Waals surface area contributed by atoms with Crippen LogP contribution in [0.25, 0.3) is 10.8 Å². The van der Waals surface area contributed by atoms with Crippen LogP contribution in [0.15, 0.2) is 41.5 Å². The van der Waals surface area contributed by atoms with Crippen molar-refractivity contribution in [3.8, 4) is 0 Å². The molecule has 9 nitrogen and oxygen atoms in total. The highest BCUT2D eigenvalue weighted by Crippen LogP contribution is 2.26. The number of carboxylic acids is 1. The first-order chi connectivity index (χ1) is 13.7. The first-order valence-electron chi connectivity index (χ1n) is 9.07. The van der Waals surface area contributed by atoms with Gasteiger partial charge in [-0.1, -0.05) is 0 Å². The summed E-state index contributed by atoms with van der Waals surface area (Å²) < 4.78 is 1.43. The van der Waals surface area contributed by atoms with Crippen LogP contribution in [0.3, 0.4) is 0 Å². The predicted octanol–water partition coefficient (Wildman–Crippen LogP) is 2.44. The summed E-state index contributed by atoms with van der Waals surface area (Å²) in [5.41, 5.74) is -0.513. The predicted molar refractivity (Wildman–Crippen MR) is 111 cm³/mol. The standard InChI is InChI=1S/C20H23N5O4/c1-20(2,3)24-17-16-12(5-7-25(8-9-26)18(16)27)10-15(23-17)22-14-11-13(19(28)29)4-6-21-14/h4-7,10-11,26H,8-9H2,1-3H3,(H,28,29)(H2,21,22,23,24). The molecule has 0 radical (unpaired) electrons. The Hall–Kier alpha value is -3.46. The maximum atomic E-state index is 12.9. The Balaban J connectivity index is 2.12. The fourth-order valence-corrected chi connectivity index (χ4v) is 2.86. The Morgan fingerprint density at radius 3 is 2.62 bits per heavy atom. The number of carboxylic acid groups (broad SMARTS) is 1. The Morgan fingerprint density at radius 1 is 1.21 bits per heavy atom. The summed E-state index contributed by atoms with van der Waals surface area (Å²) >= 11 is 0. The minimum Gasteiger partial charge on any atom is -0.478 e. The molecule has 3 rings (SSSR count). The van der Waals surface area contributed by atoms with Gasteiger partial charge in [-0.25, -0.2) is 14.8 Å². The van der Waals surface area contributed by atoms with Gasteiger partial charge in [0.25, 0.3) is 5.56 Å². The summed E-state index contributed by atoms with van der Waals surface area (Å²) in [5.74, 6) is 0.0799. The van der Waals surface area contributed by atoms with E-state index in [4.69, 9.17) is 5.11 Å². The summed E-state index contributed by atoms with van der Waals surface area (Å²) in [6, 6.07) is 6.28. The molecule has 0 bridgehead atoms. The van der Waals surface area contributed by atoms with E-state index in [1.165, 1.54) is 22.9 Å². The van der Waals surface area contributed by atoms with E-state index in [1.807, 2.05) is 20.8 Å². The van der Waals surface area contributed by atoms with E-state index in [0.29, 0.717) is 28.2 Å². The van der Waals surface area contributed by atoms with Gasteiger partial charge in [0, 0.05) is 24.5 Å². The van der Waals surface area contributed by atoms with Crippen molar-refractivity contribution in [2.24, 2.45) is 0 Å². The number of rotatable bonds is 6. The van der Waals surface area contributed by atoms with Crippen molar-refractivity contribution in [3.05, 3.63) is 52.6 Å². The molecule has 0 amide bonds. The number of nitrogens with zero attached hydrogens (tertiary/aromatic N) is 3. The van der Waals surface area contributed by atoms with Gasteiger partial charge in [-0.15, -0.1) is 0 Å². The van der Waals surface area contributed by atoms with Crippen LogP contribution in [0.5, 0.6) is 0 Å². The van der Waals surface area contributed by atoms with Gasteiger partial charge in [-0.3, -0.25) is 4.79 Å². The van der Waals surface area contributed by atoms with Gasteiger partial charge >= 0.3 is 5.97 Å². The first kappa shape index (κ1) is 20.3. The van der Waals surface area contributed by atoms with E-state index < -0.39 is 5.97 Å². The minimum absolute atomic E-state index is 0.100. The molecule has 0 aliphatic heterocycles. The molecular weight excluding hydrogens is 374 g/mol. The summed E-state index contributed by atoms with van der Waals surface area (Å²) in [4.78, 5) is 32.7. The molecule has 0 aliphatic carbocycles. The van der Waals surface area contributed by atoms with E-state index >= 15 is 0 Å². The molecule has 0 fully saturated rings. The zero-order chi connectivity index (χ0) is 21.2. The average molecular weight is 397 g/mol. The maximum Gasteiger partial charge on any atom is 0.335 e. The van der Waals surface area contributed by atoms with Crippen LogP contribution in [0, 0.1) is 0 Å². The number of aliphatic hydroxyl groups excluding tert-OH is 1. The smallest absolute Gasteiger partial charge is 0.335 e. The van der Waals surface area contributed by atoms with Crippen LogP contribution in [0.1, 0.15) is 31.1 Å². The van der Waals surface area contributed by atoms with E-state index in [2.05, 4.69) is 20.6 Å². The lowest BCUT2D eigenvalue weighted by molar-refractivity contribution is 0.0697. The second-order valence-electron chi connectivity index (χ2n) is 7.59. The molecule has 0 unspecified atom stereocenters. The molecule has 0 spiro atoms. The molecule has 4 N–H and O–H groups in total. The number of nitrogens with one attached hydrogen (secondary N) is 2. The summed E-state index contributed by atoms with van der Waals surface area (Å²) in [6.45, 7) is 5.90. The zero-order valence-corrected chi connectivity index (χ0v) is 16.4. The number of fused-ring (bicyclic) bond motifs is 1. The van der Waals surface area contributed by atoms with Crippen LogP contribution >= 0.6 is 0 Å². The SMILES string of the molecule is CC(C)(C)Nc1nc(Nc2cc(C(=O)O)ccn2)cc2ccn(CCO)c(=O)c12. The second kappa shape index (κ2) is 7.88. The Labute approximate surface area is 167 Å². The molecule has 3 aromatic heterocycles. The topological polar surface area (TPSA) is 129 Å². The van der Waals surface area contributed by atoms with Crippen LogP contribution in [0.2, 0.25) is 0 Å². The Kier molecular flexibility index (Phi) is 5.51. The van der Waals surface area contributed by atoms with Crippen molar-refractivity contribution in [1.29, 1.82) is 0 Å². The molecule has 0 aliphatic rings. The fraction of sp³-hybridized carbons (Fsp3) is 0.300. The van der Waals surface area contributed by atoms with Gasteiger partial charge in [0.15, 0.2) is 0 Å². The number of aromatic nitrogens is 3. The fourth-order valence-electron chi connectivity index (χ4n) is 2.86. The lowest BCUT2D eigenvalue weighted by Gasteiger charge is -2.23. The zero-order valence-electron chi connectivity index (χ0n) is 16.4. The van der Waals surface area contributed by atoms with Gasteiger partial charge in [0.1, 0.15) is 17.5 Å². The molecule has 3 heterocycles. The van der Waals surface area contributed by atoms with Gasteiger partial charge in [0.2, 0.25) is 0 Å². The summed E-state index contributed by atoms with van der Waals surface area (Å²) in [5, 5.41) is 25.7. The number of hydrogen-bond donors (Lipinski definition) is 4. The van der Waals surface area contributed by atoms with Crippen molar-refractivity contribution < 1.29 is 15.0 Å². The quantitative estimate of drug-likeness (QED) is 0.499. The summed E-state index contributed by atoms with van der Waals surface area (Å²) in [7, 11) is 0. The molecule has 0 saturated carbocycles. The van der Waals surface area contributed by atoms with Gasteiger partial charge in [-0.2, -0.15) is 0 Å². The van der Waals surface area contributed by atoms with E-state index in [0.717, 1.165) is 0 Å². The molecule has 0 atom stereocenters. The average Bonchev–Trinajstić information content (AvgIpc) is 2.63. The second-order valence-corrected chi connectivity index (χ2v) is 7.59.